The first-order valence-corrected chi connectivity index (χ1v) is 6.02. The third kappa shape index (κ3) is 5.72. The van der Waals surface area contributed by atoms with Crippen molar-refractivity contribution >= 4 is 6.21 Å². The summed E-state index contributed by atoms with van der Waals surface area (Å²) >= 11 is 0. The van der Waals surface area contributed by atoms with Crippen molar-refractivity contribution in [3.63, 3.8) is 0 Å². The molecule has 0 saturated heterocycles. The summed E-state index contributed by atoms with van der Waals surface area (Å²) in [5, 5.41) is 12.6. The summed E-state index contributed by atoms with van der Waals surface area (Å²) in [4.78, 5) is 5.14. The van der Waals surface area contributed by atoms with Gasteiger partial charge < -0.3 is 4.84 Å². The fraction of sp³-hybridized carbons (Fsp3) is 0.429. The van der Waals surface area contributed by atoms with E-state index in [0.29, 0.717) is 12.2 Å². The predicted octanol–water partition coefficient (Wildman–Crippen LogP) is 3.49. The lowest BCUT2D eigenvalue weighted by Crippen LogP contribution is -1.89. The molecular weight excluding hydrogens is 212 g/mol. The maximum Gasteiger partial charge on any atom is 0.117 e. The van der Waals surface area contributed by atoms with Crippen LogP contribution in [0.5, 0.6) is 0 Å². The predicted molar refractivity (Wildman–Crippen MR) is 68.8 cm³/mol. The van der Waals surface area contributed by atoms with E-state index in [1.807, 2.05) is 12.1 Å². The summed E-state index contributed by atoms with van der Waals surface area (Å²) in [5.41, 5.74) is 1.52. The van der Waals surface area contributed by atoms with Gasteiger partial charge in [0.2, 0.25) is 0 Å². The monoisotopic (exact) mass is 230 g/mol. The average Bonchev–Trinajstić information content (AvgIpc) is 2.38. The van der Waals surface area contributed by atoms with Crippen molar-refractivity contribution < 1.29 is 4.84 Å². The van der Waals surface area contributed by atoms with Gasteiger partial charge in [-0.1, -0.05) is 37.1 Å². The van der Waals surface area contributed by atoms with Gasteiger partial charge in [-0.2, -0.15) is 5.26 Å². The van der Waals surface area contributed by atoms with Crippen molar-refractivity contribution in [1.29, 1.82) is 5.26 Å². The van der Waals surface area contributed by atoms with E-state index in [2.05, 4.69) is 18.1 Å². The van der Waals surface area contributed by atoms with Crippen LogP contribution in [0.3, 0.4) is 0 Å². The molecule has 1 aromatic rings. The van der Waals surface area contributed by atoms with Crippen LogP contribution in [0.15, 0.2) is 29.4 Å². The zero-order valence-corrected chi connectivity index (χ0v) is 10.2. The summed E-state index contributed by atoms with van der Waals surface area (Å²) in [6.45, 7) is 2.84. The highest BCUT2D eigenvalue weighted by Crippen LogP contribution is 2.02. The van der Waals surface area contributed by atoms with Crippen LogP contribution < -0.4 is 0 Å². The minimum absolute atomic E-state index is 0.636. The summed E-state index contributed by atoms with van der Waals surface area (Å²) < 4.78 is 0. The van der Waals surface area contributed by atoms with Crippen molar-refractivity contribution in [3.05, 3.63) is 35.4 Å². The molecule has 3 nitrogen and oxygen atoms in total. The maximum atomic E-state index is 8.73. The molecule has 0 aromatic heterocycles. The van der Waals surface area contributed by atoms with Crippen LogP contribution in [0, 0.1) is 11.3 Å². The molecule has 0 bridgehead atoms. The fourth-order valence-corrected chi connectivity index (χ4v) is 1.43. The molecule has 0 aliphatic heterocycles. The van der Waals surface area contributed by atoms with Crippen molar-refractivity contribution in [2.24, 2.45) is 5.16 Å². The molecule has 17 heavy (non-hydrogen) atoms. The Kier molecular flexibility index (Phi) is 6.50. The Hall–Kier alpha value is -1.82. The molecule has 0 atom stereocenters. The number of hydrogen-bond acceptors (Lipinski definition) is 3. The maximum absolute atomic E-state index is 8.73. The highest BCUT2D eigenvalue weighted by atomic mass is 16.6. The van der Waals surface area contributed by atoms with Gasteiger partial charge in [0.1, 0.15) is 6.61 Å². The molecule has 0 amide bonds. The summed E-state index contributed by atoms with van der Waals surface area (Å²) in [7, 11) is 0. The van der Waals surface area contributed by atoms with Crippen LogP contribution in [0.4, 0.5) is 0 Å². The smallest absolute Gasteiger partial charge is 0.117 e. The van der Waals surface area contributed by atoms with E-state index in [-0.39, 0.29) is 0 Å². The second kappa shape index (κ2) is 8.35. The van der Waals surface area contributed by atoms with E-state index in [1.54, 1.807) is 18.3 Å². The molecule has 0 N–H and O–H groups in total. The lowest BCUT2D eigenvalue weighted by Gasteiger charge is -1.98. The number of unbranched alkanes of at least 4 members (excludes halogenated alkanes) is 3. The van der Waals surface area contributed by atoms with Crippen molar-refractivity contribution in [2.45, 2.75) is 32.6 Å². The first-order valence-electron chi connectivity index (χ1n) is 6.02. The molecule has 3 heteroatoms. The van der Waals surface area contributed by atoms with Gasteiger partial charge in [0.25, 0.3) is 0 Å². The molecular formula is C14H18N2O. The van der Waals surface area contributed by atoms with Crippen LogP contribution >= 0.6 is 0 Å². The second-order valence-electron chi connectivity index (χ2n) is 3.87. The number of oxime groups is 1. The number of hydrogen-bond donors (Lipinski definition) is 0. The molecule has 0 saturated carbocycles. The molecule has 0 fully saturated rings. The van der Waals surface area contributed by atoms with E-state index in [4.69, 9.17) is 10.1 Å². The van der Waals surface area contributed by atoms with E-state index in [1.165, 1.54) is 19.3 Å². The molecule has 0 unspecified atom stereocenters. The first kappa shape index (κ1) is 13.2. The summed E-state index contributed by atoms with van der Waals surface area (Å²) in [5.74, 6) is 0. The average molecular weight is 230 g/mol. The quantitative estimate of drug-likeness (QED) is 0.409. The van der Waals surface area contributed by atoms with Crippen LogP contribution in [-0.2, 0) is 4.84 Å². The molecule has 1 rings (SSSR count). The van der Waals surface area contributed by atoms with Crippen molar-refractivity contribution in [2.75, 3.05) is 6.61 Å². The van der Waals surface area contributed by atoms with Crippen molar-refractivity contribution in [3.8, 4) is 6.07 Å². The van der Waals surface area contributed by atoms with Gasteiger partial charge in [-0.05, 0) is 30.5 Å². The first-order chi connectivity index (χ1) is 8.36. The van der Waals surface area contributed by atoms with E-state index in [0.717, 1.165) is 12.0 Å². The van der Waals surface area contributed by atoms with Gasteiger partial charge in [-0.3, -0.25) is 0 Å². The van der Waals surface area contributed by atoms with Gasteiger partial charge in [0.05, 0.1) is 17.8 Å². The molecule has 0 aliphatic rings. The zero-order chi connectivity index (χ0) is 12.3. The minimum Gasteiger partial charge on any atom is -0.396 e. The lowest BCUT2D eigenvalue weighted by molar-refractivity contribution is 0.141. The van der Waals surface area contributed by atoms with Crippen LogP contribution in [0.1, 0.15) is 43.7 Å². The Morgan fingerprint density at radius 3 is 3.00 bits per heavy atom. The van der Waals surface area contributed by atoms with E-state index in [9.17, 15) is 0 Å². The Labute approximate surface area is 103 Å². The minimum atomic E-state index is 0.636. The number of benzene rings is 1. The largest absolute Gasteiger partial charge is 0.396 e. The third-order valence-electron chi connectivity index (χ3n) is 2.38. The SMILES string of the molecule is CCCCCCON=Cc1cccc(C#N)c1. The highest BCUT2D eigenvalue weighted by Gasteiger charge is 1.91. The number of nitriles is 1. The van der Waals surface area contributed by atoms with Gasteiger partial charge in [-0.15, -0.1) is 0 Å². The second-order valence-corrected chi connectivity index (χ2v) is 3.87. The van der Waals surface area contributed by atoms with Crippen LogP contribution in [0.2, 0.25) is 0 Å². The van der Waals surface area contributed by atoms with E-state index < -0.39 is 0 Å². The van der Waals surface area contributed by atoms with Gasteiger partial charge in [0.15, 0.2) is 0 Å². The number of rotatable bonds is 7. The molecule has 0 spiro atoms. The van der Waals surface area contributed by atoms with Gasteiger partial charge >= 0.3 is 0 Å². The Morgan fingerprint density at radius 1 is 1.35 bits per heavy atom. The molecule has 90 valence electrons. The Bertz CT molecular complexity index is 393. The van der Waals surface area contributed by atoms with Crippen LogP contribution in [0.25, 0.3) is 0 Å². The van der Waals surface area contributed by atoms with Gasteiger partial charge in [-0.25, -0.2) is 0 Å². The highest BCUT2D eigenvalue weighted by molar-refractivity contribution is 5.79. The number of nitrogens with zero attached hydrogens (tertiary/aromatic N) is 2. The molecule has 1 aromatic carbocycles. The molecule has 0 heterocycles. The normalized spacial score (nSPS) is 10.4. The third-order valence-corrected chi connectivity index (χ3v) is 2.38. The Morgan fingerprint density at radius 2 is 2.24 bits per heavy atom. The summed E-state index contributed by atoms with van der Waals surface area (Å²) in [6.07, 6.45) is 6.35. The standard InChI is InChI=1S/C14H18N2O/c1-2-3-4-5-9-17-16-12-14-8-6-7-13(10-14)11-15/h6-8,10,12H,2-5,9H2,1H3. The van der Waals surface area contributed by atoms with E-state index >= 15 is 0 Å². The lowest BCUT2D eigenvalue weighted by atomic mass is 10.1. The van der Waals surface area contributed by atoms with Crippen molar-refractivity contribution in [1.82, 2.24) is 0 Å². The van der Waals surface area contributed by atoms with Crippen LogP contribution in [-0.4, -0.2) is 12.8 Å². The zero-order valence-electron chi connectivity index (χ0n) is 10.2. The molecule has 0 aliphatic carbocycles. The molecule has 0 radical (unpaired) electrons. The topological polar surface area (TPSA) is 45.4 Å². The fourth-order valence-electron chi connectivity index (χ4n) is 1.43. The van der Waals surface area contributed by atoms with Gasteiger partial charge in [0, 0.05) is 0 Å². The Balaban J connectivity index is 2.26. The summed E-state index contributed by atoms with van der Waals surface area (Å²) in [6, 6.07) is 9.37.